The fourth-order valence-corrected chi connectivity index (χ4v) is 5.00. The van der Waals surface area contributed by atoms with Crippen LogP contribution < -0.4 is 0 Å². The third kappa shape index (κ3) is 6.47. The summed E-state index contributed by atoms with van der Waals surface area (Å²) in [5, 5.41) is 2.81. The highest BCUT2D eigenvalue weighted by Crippen LogP contribution is 2.09. The Hall–Kier alpha value is 0.985. The van der Waals surface area contributed by atoms with Crippen LogP contribution in [0.4, 0.5) is 0 Å². The van der Waals surface area contributed by atoms with E-state index in [-0.39, 0.29) is 0 Å². The second-order valence-electron chi connectivity index (χ2n) is 4.35. The lowest BCUT2D eigenvalue weighted by Crippen LogP contribution is -2.18. The minimum atomic E-state index is -0.595. The summed E-state index contributed by atoms with van der Waals surface area (Å²) in [6.07, 6.45) is 5.45. The first kappa shape index (κ1) is 13.1. The van der Waals surface area contributed by atoms with Crippen molar-refractivity contribution >= 4 is 29.0 Å². The Balaban J connectivity index is 0.000000140. The molecule has 2 heterocycles. The smallest absolute Gasteiger partial charge is 0.457 e. The Morgan fingerprint density at radius 3 is 1.29 bits per heavy atom. The molecule has 0 N–H and O–H groups in total. The Bertz CT molecular complexity index is 116. The van der Waals surface area contributed by atoms with E-state index in [1.54, 1.807) is 0 Å². The van der Waals surface area contributed by atoms with Crippen LogP contribution in [0.3, 0.4) is 0 Å². The molecule has 2 saturated heterocycles. The van der Waals surface area contributed by atoms with Gasteiger partial charge < -0.3 is 7.58 Å². The highest BCUT2D eigenvalue weighted by Gasteiger charge is 2.16. The summed E-state index contributed by atoms with van der Waals surface area (Å²) < 4.78 is 10.8. The van der Waals surface area contributed by atoms with Gasteiger partial charge in [0, 0.05) is 13.2 Å². The lowest BCUT2D eigenvalue weighted by atomic mass is 10.4. The molecule has 0 aromatic heterocycles. The van der Waals surface area contributed by atoms with Gasteiger partial charge >= 0.3 is 29.0 Å². The topological polar surface area (TPSA) is 18.5 Å². The standard InChI is InChI=1S/2C4H8O.2CH3.2Al/c2*1-2-3-4-5;;;;/h2*1-4H2;2*1H3;;/q2*-1;;;2*+1. The Morgan fingerprint density at radius 2 is 1.14 bits per heavy atom. The van der Waals surface area contributed by atoms with Crippen LogP contribution in [-0.4, -0.2) is 42.2 Å². The van der Waals surface area contributed by atoms with E-state index in [2.05, 4.69) is 11.6 Å². The molecule has 4 heteroatoms. The minimum absolute atomic E-state index is 0.595. The predicted octanol–water partition coefficient (Wildman–Crippen LogP) is 2.84. The molecule has 0 bridgehead atoms. The molecule has 2 rings (SSSR count). The van der Waals surface area contributed by atoms with Crippen LogP contribution in [0.2, 0.25) is 22.1 Å². The van der Waals surface area contributed by atoms with Gasteiger partial charge in [-0.2, -0.15) is 0 Å². The molecular weight excluding hydrogens is 206 g/mol. The van der Waals surface area contributed by atoms with Crippen LogP contribution in [0.1, 0.15) is 25.7 Å². The fraction of sp³-hybridized carbons (Fsp3) is 1.00. The third-order valence-electron chi connectivity index (χ3n) is 2.81. The molecule has 2 fully saturated rings. The molecule has 2 nitrogen and oxygen atoms in total. The van der Waals surface area contributed by atoms with E-state index < -0.39 is 29.0 Å². The highest BCUT2D eigenvalue weighted by atomic mass is 27.2. The molecule has 2 aliphatic rings. The van der Waals surface area contributed by atoms with Gasteiger partial charge in [-0.1, -0.05) is 35.0 Å². The second kappa shape index (κ2) is 8.17. The summed E-state index contributed by atoms with van der Waals surface area (Å²) in [4.78, 5) is 0. The van der Waals surface area contributed by atoms with Crippen LogP contribution in [0.5, 0.6) is 0 Å². The van der Waals surface area contributed by atoms with E-state index >= 15 is 0 Å². The van der Waals surface area contributed by atoms with E-state index in [0.29, 0.717) is 0 Å². The summed E-state index contributed by atoms with van der Waals surface area (Å²) in [5.41, 5.74) is 0. The van der Waals surface area contributed by atoms with Crippen molar-refractivity contribution in [1.82, 2.24) is 0 Å². The average Bonchev–Trinajstić information content (AvgIpc) is 2.21. The van der Waals surface area contributed by atoms with Gasteiger partial charge in [0.05, 0.1) is 0 Å². The molecule has 0 spiro atoms. The predicted molar refractivity (Wildman–Crippen MR) is 63.2 cm³/mol. The van der Waals surface area contributed by atoms with Gasteiger partial charge in [-0.25, -0.2) is 0 Å². The van der Waals surface area contributed by atoms with Crippen molar-refractivity contribution in [1.29, 1.82) is 0 Å². The maximum atomic E-state index is 5.42. The van der Waals surface area contributed by atoms with E-state index in [9.17, 15) is 0 Å². The Morgan fingerprint density at radius 1 is 0.714 bits per heavy atom. The van der Waals surface area contributed by atoms with Crippen molar-refractivity contribution in [2.75, 3.05) is 13.2 Å². The van der Waals surface area contributed by atoms with Gasteiger partial charge in [0.2, 0.25) is 0 Å². The Kier molecular flexibility index (Phi) is 7.62. The molecule has 0 radical (unpaired) electrons. The molecule has 0 saturated carbocycles. The van der Waals surface area contributed by atoms with Gasteiger partial charge in [0.1, 0.15) is 0 Å². The summed E-state index contributed by atoms with van der Waals surface area (Å²) >= 11 is -1.19. The molecule has 0 atom stereocenters. The lowest BCUT2D eigenvalue weighted by molar-refractivity contribution is 0.290. The maximum absolute atomic E-state index is 5.42. The zero-order chi connectivity index (χ0) is 10.2. The molecule has 0 unspecified atom stereocenters. The molecule has 0 aromatic rings. The third-order valence-corrected chi connectivity index (χ3v) is 6.87. The van der Waals surface area contributed by atoms with Crippen molar-refractivity contribution in [2.45, 2.75) is 47.8 Å². The molecule has 14 heavy (non-hydrogen) atoms. The summed E-state index contributed by atoms with van der Waals surface area (Å²) in [5.74, 6) is 4.55. The van der Waals surface area contributed by atoms with Crippen molar-refractivity contribution in [3.8, 4) is 0 Å². The van der Waals surface area contributed by atoms with E-state index in [1.807, 2.05) is 0 Å². The van der Waals surface area contributed by atoms with Crippen LogP contribution in [0.15, 0.2) is 0 Å². The van der Waals surface area contributed by atoms with Gasteiger partial charge in [-0.15, -0.1) is 0 Å². The van der Waals surface area contributed by atoms with Crippen molar-refractivity contribution in [2.24, 2.45) is 0 Å². The number of hydrogen-bond donors (Lipinski definition) is 0. The summed E-state index contributed by atoms with van der Waals surface area (Å²) in [6.45, 7) is 2.10. The van der Waals surface area contributed by atoms with Crippen LogP contribution >= 0.6 is 0 Å². The van der Waals surface area contributed by atoms with Gasteiger partial charge in [0.25, 0.3) is 0 Å². The molecule has 2 aliphatic heterocycles. The van der Waals surface area contributed by atoms with Crippen molar-refractivity contribution in [3.05, 3.63) is 0 Å². The SMILES string of the molecule is [CH3][Al]1[CH2]CCC[O]1.[CH3][Al]1[CH2]CCC[O]1. The van der Waals surface area contributed by atoms with E-state index in [0.717, 1.165) is 13.2 Å². The van der Waals surface area contributed by atoms with E-state index in [1.165, 1.54) is 36.2 Å². The lowest BCUT2D eigenvalue weighted by Gasteiger charge is -2.13. The minimum Gasteiger partial charge on any atom is -0.501 e. The van der Waals surface area contributed by atoms with Gasteiger partial charge in [-0.3, -0.25) is 0 Å². The van der Waals surface area contributed by atoms with E-state index in [4.69, 9.17) is 7.58 Å². The van der Waals surface area contributed by atoms with Crippen molar-refractivity contribution < 1.29 is 7.58 Å². The zero-order valence-corrected chi connectivity index (χ0v) is 11.9. The second-order valence-corrected chi connectivity index (χ2v) is 9.42. The first-order valence-corrected chi connectivity index (χ1v) is 10.9. The summed E-state index contributed by atoms with van der Waals surface area (Å²) in [7, 11) is 0. The Labute approximate surface area is 97.4 Å². The maximum Gasteiger partial charge on any atom is 0.457 e. The van der Waals surface area contributed by atoms with Gasteiger partial charge in [0.15, 0.2) is 0 Å². The monoisotopic (exact) mass is 228 g/mol. The molecule has 0 aromatic carbocycles. The molecular formula is C10H22Al2O2. The first-order chi connectivity index (χ1) is 6.79. The fourth-order valence-electron chi connectivity index (χ4n) is 1.80. The largest absolute Gasteiger partial charge is 0.501 e. The van der Waals surface area contributed by atoms with Crippen molar-refractivity contribution in [3.63, 3.8) is 0 Å². The zero-order valence-electron chi connectivity index (χ0n) is 9.63. The summed E-state index contributed by atoms with van der Waals surface area (Å²) in [6, 6.07) is 0. The quantitative estimate of drug-likeness (QED) is 0.593. The molecule has 0 amide bonds. The molecule has 0 aliphatic carbocycles. The van der Waals surface area contributed by atoms with Crippen LogP contribution in [0.25, 0.3) is 0 Å². The van der Waals surface area contributed by atoms with Gasteiger partial charge in [-0.05, 0) is 12.8 Å². The first-order valence-electron chi connectivity index (χ1n) is 6.02. The van der Waals surface area contributed by atoms with Crippen LogP contribution in [0, 0.1) is 0 Å². The highest BCUT2D eigenvalue weighted by molar-refractivity contribution is 6.50. The number of hydrogen-bond acceptors (Lipinski definition) is 2. The average molecular weight is 228 g/mol. The number of rotatable bonds is 0. The normalized spacial score (nSPS) is 22.7. The molecule has 80 valence electrons. The van der Waals surface area contributed by atoms with Crippen LogP contribution in [-0.2, 0) is 7.58 Å².